The van der Waals surface area contributed by atoms with Crippen LogP contribution in [-0.2, 0) is 18.6 Å². The summed E-state index contributed by atoms with van der Waals surface area (Å²) < 4.78 is 21.9. The van der Waals surface area contributed by atoms with E-state index in [4.69, 9.17) is 10.5 Å². The number of nitrogen functional groups attached to an aromatic ring is 1. The van der Waals surface area contributed by atoms with E-state index in [-0.39, 0.29) is 67.4 Å². The molecular formula is C15H18Li2N5O7P. The van der Waals surface area contributed by atoms with Crippen LogP contribution in [0, 0.1) is 11.3 Å². The summed E-state index contributed by atoms with van der Waals surface area (Å²) in [5.41, 5.74) is 5.00. The van der Waals surface area contributed by atoms with Crippen molar-refractivity contribution in [2.45, 2.75) is 20.3 Å². The van der Waals surface area contributed by atoms with Crippen molar-refractivity contribution in [1.82, 2.24) is 19.5 Å². The van der Waals surface area contributed by atoms with Gasteiger partial charge in [0, 0.05) is 6.20 Å². The number of nitrogens with two attached hydrogens (primary N) is 1. The van der Waals surface area contributed by atoms with Gasteiger partial charge in [-0.3, -0.25) is 19.1 Å². The topological polar surface area (TPSA) is 188 Å². The zero-order valence-corrected chi connectivity index (χ0v) is 18.0. The van der Waals surface area contributed by atoms with E-state index in [2.05, 4.69) is 19.5 Å². The Labute approximate surface area is 195 Å². The Balaban J connectivity index is 0.00000225. The van der Waals surface area contributed by atoms with E-state index in [1.165, 1.54) is 10.9 Å². The van der Waals surface area contributed by atoms with Crippen LogP contribution in [0.4, 0.5) is 5.95 Å². The number of H-pyrrole nitrogens is 1. The summed E-state index contributed by atoms with van der Waals surface area (Å²) in [5.74, 6) is -0.926. The molecule has 12 nitrogen and oxygen atoms in total. The Kier molecular flexibility index (Phi) is 8.78. The summed E-state index contributed by atoms with van der Waals surface area (Å²) in [5, 5.41) is 0. The molecule has 30 heavy (non-hydrogen) atoms. The Hall–Kier alpha value is -1.34. The van der Waals surface area contributed by atoms with Crippen LogP contribution in [0.15, 0.2) is 16.7 Å². The minimum absolute atomic E-state index is 0. The molecule has 1 atom stereocenters. The molecule has 0 aromatic carbocycles. The van der Waals surface area contributed by atoms with Gasteiger partial charge in [0.15, 0.2) is 11.2 Å². The van der Waals surface area contributed by atoms with Crippen molar-refractivity contribution in [3.05, 3.63) is 22.3 Å². The first kappa shape index (κ1) is 26.7. The number of aromatic amines is 1. The third kappa shape index (κ3) is 6.10. The van der Waals surface area contributed by atoms with E-state index < -0.39 is 31.4 Å². The van der Waals surface area contributed by atoms with E-state index in [9.17, 15) is 23.9 Å². The third-order valence-corrected chi connectivity index (χ3v) is 4.74. The molecule has 0 radical (unpaired) electrons. The van der Waals surface area contributed by atoms with E-state index in [0.29, 0.717) is 12.0 Å². The molecule has 1 aliphatic rings. The molecule has 0 saturated heterocycles. The maximum atomic E-state index is 11.8. The summed E-state index contributed by atoms with van der Waals surface area (Å²) in [4.78, 5) is 55.7. The van der Waals surface area contributed by atoms with Crippen molar-refractivity contribution >= 4 is 37.1 Å². The molecule has 15 heteroatoms. The molecular weight excluding hydrogens is 407 g/mol. The fourth-order valence-corrected chi connectivity index (χ4v) is 3.02. The molecule has 3 rings (SSSR count). The van der Waals surface area contributed by atoms with E-state index >= 15 is 0 Å². The summed E-state index contributed by atoms with van der Waals surface area (Å²) in [6.45, 7) is 2.70. The van der Waals surface area contributed by atoms with Gasteiger partial charge in [-0.1, -0.05) is 13.8 Å². The molecule has 3 N–H and O–H groups in total. The van der Waals surface area contributed by atoms with Gasteiger partial charge in [-0.25, -0.2) is 4.98 Å². The number of rotatable bonds is 7. The van der Waals surface area contributed by atoms with Crippen molar-refractivity contribution in [3.8, 4) is 0 Å². The second-order valence-electron chi connectivity index (χ2n) is 6.87. The molecule has 2 heterocycles. The van der Waals surface area contributed by atoms with Gasteiger partial charge in [-0.15, -0.1) is 0 Å². The second-order valence-corrected chi connectivity index (χ2v) is 8.02. The largest absolute Gasteiger partial charge is 1.00 e. The number of fused-ring (bicyclic) bond motifs is 1. The summed E-state index contributed by atoms with van der Waals surface area (Å²) in [7, 11) is -5.20. The Morgan fingerprint density at radius 2 is 2.10 bits per heavy atom. The van der Waals surface area contributed by atoms with E-state index in [1.807, 2.05) is 0 Å². The molecule has 152 valence electrons. The maximum absolute atomic E-state index is 11.8. The van der Waals surface area contributed by atoms with Crippen LogP contribution < -0.4 is 58.8 Å². The maximum Gasteiger partial charge on any atom is 1.00 e. The number of aromatic nitrogens is 4. The number of nitrogens with zero attached hydrogens (tertiary/aromatic N) is 3. The van der Waals surface area contributed by atoms with Gasteiger partial charge in [0.1, 0.15) is 12.9 Å². The zero-order chi connectivity index (χ0) is 20.7. The molecule has 0 unspecified atom stereocenters. The van der Waals surface area contributed by atoms with Gasteiger partial charge in [-0.05, 0) is 12.0 Å². The SMILES string of the molecule is CC(C)C(=O)OC[C@]1(COP(=O)([O-])[O-])C/C1=C/n1cnc2c(=O)[nH]c(N)nc21.[Li+].[Li+]. The smallest absolute Gasteiger partial charge is 0.790 e. The van der Waals surface area contributed by atoms with Crippen molar-refractivity contribution in [1.29, 1.82) is 0 Å². The van der Waals surface area contributed by atoms with Gasteiger partial charge in [-0.2, -0.15) is 4.98 Å². The Morgan fingerprint density at radius 3 is 2.70 bits per heavy atom. The molecule has 1 saturated carbocycles. The van der Waals surface area contributed by atoms with Gasteiger partial charge >= 0.3 is 43.7 Å². The Morgan fingerprint density at radius 1 is 1.43 bits per heavy atom. The predicted molar refractivity (Wildman–Crippen MR) is 93.2 cm³/mol. The number of esters is 1. The molecule has 0 bridgehead atoms. The number of nitrogens with one attached hydrogen (secondary N) is 1. The molecule has 2 aromatic rings. The number of carbonyl (C=O) groups is 1. The number of phosphoric acid groups is 1. The summed E-state index contributed by atoms with van der Waals surface area (Å²) in [6, 6.07) is 0. The van der Waals surface area contributed by atoms with Gasteiger partial charge in [0.25, 0.3) is 5.56 Å². The first-order chi connectivity index (χ1) is 13.0. The average molecular weight is 425 g/mol. The van der Waals surface area contributed by atoms with Crippen molar-refractivity contribution in [2.75, 3.05) is 18.9 Å². The number of anilines is 1. The van der Waals surface area contributed by atoms with E-state index in [1.54, 1.807) is 20.0 Å². The molecule has 1 aliphatic carbocycles. The quantitative estimate of drug-likeness (QED) is 0.245. The molecule has 0 spiro atoms. The van der Waals surface area contributed by atoms with Crippen molar-refractivity contribution < 1.29 is 66.1 Å². The minimum Gasteiger partial charge on any atom is -0.790 e. The number of hydrogen-bond donors (Lipinski definition) is 2. The Bertz CT molecular complexity index is 1060. The standard InChI is InChI=1S/C15H20N5O7P.2Li/c1-8(2)13(22)26-5-15(6-27-28(23,24)25)3-9(15)4-20-7-17-10-11(20)18-14(16)19-12(10)21;;/h4,7-8H,3,5-6H2,1-2H3,(H2,23,24,25)(H3,16,18,19,21);;/q;2*+1/p-2/b9-4-;;/t15-;;/m0../s1. The third-order valence-electron chi connectivity index (χ3n) is 4.29. The molecule has 0 aliphatic heterocycles. The van der Waals surface area contributed by atoms with Crippen LogP contribution >= 0.6 is 7.82 Å². The molecule has 1 fully saturated rings. The van der Waals surface area contributed by atoms with Crippen LogP contribution in [0.5, 0.6) is 0 Å². The van der Waals surface area contributed by atoms with Crippen LogP contribution in [0.3, 0.4) is 0 Å². The average Bonchev–Trinajstić information content (AvgIpc) is 3.11. The first-order valence-corrected chi connectivity index (χ1v) is 9.73. The van der Waals surface area contributed by atoms with Gasteiger partial charge in [0.2, 0.25) is 5.95 Å². The van der Waals surface area contributed by atoms with Crippen molar-refractivity contribution in [2.24, 2.45) is 11.3 Å². The molecule has 0 amide bonds. The molecule has 2 aromatic heterocycles. The van der Waals surface area contributed by atoms with Crippen LogP contribution in [0.2, 0.25) is 0 Å². The second kappa shape index (κ2) is 9.86. The van der Waals surface area contributed by atoms with E-state index in [0.717, 1.165) is 0 Å². The fourth-order valence-electron chi connectivity index (χ4n) is 2.62. The zero-order valence-electron chi connectivity index (χ0n) is 17.1. The van der Waals surface area contributed by atoms with Crippen LogP contribution in [0.25, 0.3) is 17.4 Å². The fraction of sp³-hybridized carbons (Fsp3) is 0.467. The number of hydrogen-bond acceptors (Lipinski definition) is 10. The monoisotopic (exact) mass is 425 g/mol. The minimum atomic E-state index is -5.20. The predicted octanol–water partition coefficient (Wildman–Crippen LogP) is -7.01. The van der Waals surface area contributed by atoms with Gasteiger partial charge in [0.05, 0.1) is 25.8 Å². The van der Waals surface area contributed by atoms with Crippen LogP contribution in [-0.4, -0.2) is 38.7 Å². The van der Waals surface area contributed by atoms with Crippen molar-refractivity contribution in [3.63, 3.8) is 0 Å². The normalized spacial score (nSPS) is 19.4. The number of imidazole rings is 1. The first-order valence-electron chi connectivity index (χ1n) is 8.27. The number of carbonyl (C=O) groups excluding carboxylic acids is 1. The van der Waals surface area contributed by atoms with Gasteiger partial charge < -0.3 is 29.3 Å². The number of phosphoric ester groups is 1. The number of ether oxygens (including phenoxy) is 1. The summed E-state index contributed by atoms with van der Waals surface area (Å²) in [6.07, 6.45) is 3.22. The summed E-state index contributed by atoms with van der Waals surface area (Å²) >= 11 is 0. The van der Waals surface area contributed by atoms with Crippen LogP contribution in [0.1, 0.15) is 20.3 Å².